The lowest BCUT2D eigenvalue weighted by molar-refractivity contribution is 0.102. The molecule has 2 aromatic heterocycles. The molecular weight excluding hydrogens is 360 g/mol. The number of rotatable bonds is 8. The minimum atomic E-state index is -0.152. The van der Waals surface area contributed by atoms with Crippen LogP contribution in [0.5, 0.6) is 5.75 Å². The van der Waals surface area contributed by atoms with E-state index < -0.39 is 0 Å². The topological polar surface area (TPSA) is 69.0 Å². The van der Waals surface area contributed by atoms with Gasteiger partial charge in [0.15, 0.2) is 0 Å². The maximum atomic E-state index is 12.7. The Morgan fingerprint density at radius 3 is 2.70 bits per heavy atom. The molecule has 1 amide bonds. The second kappa shape index (κ2) is 8.81. The molecule has 0 aliphatic heterocycles. The van der Waals surface area contributed by atoms with E-state index in [9.17, 15) is 4.79 Å². The first-order valence-corrected chi connectivity index (χ1v) is 9.97. The molecule has 0 radical (unpaired) electrons. The normalized spacial score (nSPS) is 10.8. The number of thiazole rings is 1. The van der Waals surface area contributed by atoms with E-state index in [1.165, 1.54) is 11.3 Å². The third kappa shape index (κ3) is 4.54. The molecule has 6 nitrogen and oxygen atoms in total. The third-order valence-electron chi connectivity index (χ3n) is 4.10. The van der Waals surface area contributed by atoms with Crippen LogP contribution in [0.4, 0.5) is 5.82 Å². The van der Waals surface area contributed by atoms with Gasteiger partial charge in [-0.15, -0.1) is 11.3 Å². The number of benzene rings is 1. The summed E-state index contributed by atoms with van der Waals surface area (Å²) in [6.07, 6.45) is 3.80. The summed E-state index contributed by atoms with van der Waals surface area (Å²) in [5.41, 5.74) is 1.69. The number of carbonyl (C=O) groups is 1. The zero-order valence-corrected chi connectivity index (χ0v) is 16.7. The van der Waals surface area contributed by atoms with Crippen molar-refractivity contribution in [1.82, 2.24) is 14.8 Å². The molecule has 3 rings (SSSR count). The molecule has 0 aliphatic rings. The second-order valence-electron chi connectivity index (χ2n) is 6.14. The molecule has 7 heteroatoms. The first kappa shape index (κ1) is 19.1. The Hall–Kier alpha value is -2.67. The van der Waals surface area contributed by atoms with Crippen molar-refractivity contribution in [1.29, 1.82) is 0 Å². The van der Waals surface area contributed by atoms with Crippen LogP contribution in [0, 0.1) is 6.92 Å². The molecule has 0 spiro atoms. The van der Waals surface area contributed by atoms with E-state index in [1.807, 2.05) is 48.9 Å². The molecule has 0 bridgehead atoms. The smallest absolute Gasteiger partial charge is 0.268 e. The minimum absolute atomic E-state index is 0.152. The first-order chi connectivity index (χ1) is 13.1. The van der Waals surface area contributed by atoms with E-state index in [0.29, 0.717) is 17.3 Å². The van der Waals surface area contributed by atoms with Gasteiger partial charge in [-0.1, -0.05) is 13.3 Å². The SMILES string of the molecule is CCCCn1nccc1NC(=O)c1sc(-c2ccc(OCC)cc2)nc1C. The second-order valence-corrected chi connectivity index (χ2v) is 7.14. The van der Waals surface area contributed by atoms with Crippen LogP contribution in [0.1, 0.15) is 42.1 Å². The van der Waals surface area contributed by atoms with E-state index in [-0.39, 0.29) is 5.91 Å². The van der Waals surface area contributed by atoms with Crippen molar-refractivity contribution in [3.63, 3.8) is 0 Å². The fourth-order valence-electron chi connectivity index (χ4n) is 2.69. The van der Waals surface area contributed by atoms with Crippen molar-refractivity contribution >= 4 is 23.1 Å². The van der Waals surface area contributed by atoms with Gasteiger partial charge in [0.05, 0.1) is 18.5 Å². The number of hydrogen-bond acceptors (Lipinski definition) is 5. The average molecular weight is 385 g/mol. The van der Waals surface area contributed by atoms with Crippen LogP contribution in [0.2, 0.25) is 0 Å². The maximum Gasteiger partial charge on any atom is 0.268 e. The van der Waals surface area contributed by atoms with Gasteiger partial charge in [-0.2, -0.15) is 5.10 Å². The molecule has 0 fully saturated rings. The highest BCUT2D eigenvalue weighted by Gasteiger charge is 2.17. The van der Waals surface area contributed by atoms with E-state index in [2.05, 4.69) is 22.3 Å². The van der Waals surface area contributed by atoms with Crippen LogP contribution in [0.15, 0.2) is 36.5 Å². The van der Waals surface area contributed by atoms with Gasteiger partial charge in [0, 0.05) is 18.2 Å². The summed E-state index contributed by atoms with van der Waals surface area (Å²) < 4.78 is 7.30. The lowest BCUT2D eigenvalue weighted by Gasteiger charge is -2.07. The standard InChI is InChI=1S/C20H24N4O2S/c1-4-6-13-24-17(11-12-21-24)23-19(25)18-14(3)22-20(27-18)15-7-9-16(10-8-15)26-5-2/h7-12H,4-6,13H2,1-3H3,(H,23,25). The van der Waals surface area contributed by atoms with E-state index in [4.69, 9.17) is 4.74 Å². The Balaban J connectivity index is 1.76. The molecule has 142 valence electrons. The Kier molecular flexibility index (Phi) is 6.24. The predicted octanol–water partition coefficient (Wildman–Crippen LogP) is 4.77. The van der Waals surface area contributed by atoms with E-state index in [0.717, 1.165) is 41.4 Å². The summed E-state index contributed by atoms with van der Waals surface area (Å²) in [6, 6.07) is 9.58. The van der Waals surface area contributed by atoms with Crippen molar-refractivity contribution in [2.75, 3.05) is 11.9 Å². The molecule has 1 aromatic carbocycles. The van der Waals surface area contributed by atoms with Crippen LogP contribution in [0.3, 0.4) is 0 Å². The fraction of sp³-hybridized carbons (Fsp3) is 0.350. The van der Waals surface area contributed by atoms with Gasteiger partial charge in [-0.25, -0.2) is 9.67 Å². The van der Waals surface area contributed by atoms with Crippen LogP contribution < -0.4 is 10.1 Å². The lowest BCUT2D eigenvalue weighted by atomic mass is 10.2. The largest absolute Gasteiger partial charge is 0.494 e. The number of ether oxygens (including phenoxy) is 1. The Morgan fingerprint density at radius 1 is 1.22 bits per heavy atom. The minimum Gasteiger partial charge on any atom is -0.494 e. The zero-order chi connectivity index (χ0) is 19.2. The van der Waals surface area contributed by atoms with Crippen molar-refractivity contribution in [2.24, 2.45) is 0 Å². The number of nitrogens with zero attached hydrogens (tertiary/aromatic N) is 3. The molecule has 0 aliphatic carbocycles. The van der Waals surface area contributed by atoms with Gasteiger partial charge in [0.1, 0.15) is 21.5 Å². The molecule has 2 heterocycles. The van der Waals surface area contributed by atoms with Gasteiger partial charge >= 0.3 is 0 Å². The highest BCUT2D eigenvalue weighted by Crippen LogP contribution is 2.29. The van der Waals surface area contributed by atoms with Crippen LogP contribution >= 0.6 is 11.3 Å². The Bertz CT molecular complexity index is 899. The average Bonchev–Trinajstić information content (AvgIpc) is 3.27. The molecule has 0 atom stereocenters. The molecule has 27 heavy (non-hydrogen) atoms. The lowest BCUT2D eigenvalue weighted by Crippen LogP contribution is -2.15. The van der Waals surface area contributed by atoms with Gasteiger partial charge in [-0.05, 0) is 44.5 Å². The number of aryl methyl sites for hydroxylation is 2. The molecule has 0 unspecified atom stereocenters. The first-order valence-electron chi connectivity index (χ1n) is 9.16. The summed E-state index contributed by atoms with van der Waals surface area (Å²) in [7, 11) is 0. The van der Waals surface area contributed by atoms with Crippen LogP contribution in [-0.4, -0.2) is 27.3 Å². The van der Waals surface area contributed by atoms with Crippen molar-refractivity contribution in [3.8, 4) is 16.3 Å². The fourth-order valence-corrected chi connectivity index (χ4v) is 3.66. The third-order valence-corrected chi connectivity index (χ3v) is 5.30. The van der Waals surface area contributed by atoms with E-state index >= 15 is 0 Å². The number of carbonyl (C=O) groups excluding carboxylic acids is 1. The van der Waals surface area contributed by atoms with Crippen molar-refractivity contribution < 1.29 is 9.53 Å². The molecule has 1 N–H and O–H groups in total. The predicted molar refractivity (Wildman–Crippen MR) is 109 cm³/mol. The zero-order valence-electron chi connectivity index (χ0n) is 15.9. The summed E-state index contributed by atoms with van der Waals surface area (Å²) in [5, 5.41) is 8.06. The monoisotopic (exact) mass is 384 g/mol. The van der Waals surface area contributed by atoms with Crippen LogP contribution in [0.25, 0.3) is 10.6 Å². The van der Waals surface area contributed by atoms with Gasteiger partial charge in [0.2, 0.25) is 0 Å². The van der Waals surface area contributed by atoms with Gasteiger partial charge in [0.25, 0.3) is 5.91 Å². The quantitative estimate of drug-likeness (QED) is 0.607. The van der Waals surface area contributed by atoms with Crippen molar-refractivity contribution in [3.05, 3.63) is 47.1 Å². The van der Waals surface area contributed by atoms with Crippen molar-refractivity contribution in [2.45, 2.75) is 40.2 Å². The Morgan fingerprint density at radius 2 is 2.00 bits per heavy atom. The summed E-state index contributed by atoms with van der Waals surface area (Å²) in [4.78, 5) is 17.9. The summed E-state index contributed by atoms with van der Waals surface area (Å²) in [6.45, 7) is 7.37. The highest BCUT2D eigenvalue weighted by atomic mass is 32.1. The maximum absolute atomic E-state index is 12.7. The number of aromatic nitrogens is 3. The van der Waals surface area contributed by atoms with E-state index in [1.54, 1.807) is 6.20 Å². The molecular formula is C20H24N4O2S. The number of hydrogen-bond donors (Lipinski definition) is 1. The van der Waals surface area contributed by atoms with Gasteiger partial charge in [-0.3, -0.25) is 4.79 Å². The summed E-state index contributed by atoms with van der Waals surface area (Å²) in [5.74, 6) is 1.39. The molecule has 0 saturated heterocycles. The number of anilines is 1. The van der Waals surface area contributed by atoms with Crippen LogP contribution in [-0.2, 0) is 6.54 Å². The Labute approximate surface area is 163 Å². The molecule has 0 saturated carbocycles. The number of nitrogens with one attached hydrogen (secondary N) is 1. The number of unbranched alkanes of at least 4 members (excludes halogenated alkanes) is 1. The highest BCUT2D eigenvalue weighted by molar-refractivity contribution is 7.17. The number of amides is 1. The summed E-state index contributed by atoms with van der Waals surface area (Å²) >= 11 is 1.39. The van der Waals surface area contributed by atoms with Gasteiger partial charge < -0.3 is 10.1 Å². The molecule has 3 aromatic rings.